The van der Waals surface area contributed by atoms with Gasteiger partial charge in [-0.1, -0.05) is 30.7 Å². The zero-order chi connectivity index (χ0) is 22.7. The average molecular weight is 434 g/mol. The summed E-state index contributed by atoms with van der Waals surface area (Å²) in [6, 6.07) is 14.8. The monoisotopic (exact) mass is 433 g/mol. The van der Waals surface area contributed by atoms with Crippen molar-refractivity contribution in [1.29, 1.82) is 0 Å². The van der Waals surface area contributed by atoms with Gasteiger partial charge in [-0.15, -0.1) is 0 Å². The van der Waals surface area contributed by atoms with E-state index in [4.69, 9.17) is 9.15 Å². The predicted molar refractivity (Wildman–Crippen MR) is 121 cm³/mol. The van der Waals surface area contributed by atoms with Gasteiger partial charge >= 0.3 is 0 Å². The molecule has 1 aliphatic carbocycles. The standard InChI is InChI=1S/C25H27N3O4/c1-16-7-9-20(10-8-16)31-15-22(29)27-19-6-4-5-18(13-19)23-28-21(17(2)32-23)14-26-24(30)25(3)11-12-25/h4-10,13H,11-12,14-15H2,1-3H3,(H,26,30)(H,27,29). The summed E-state index contributed by atoms with van der Waals surface area (Å²) in [5, 5.41) is 5.77. The average Bonchev–Trinajstić information content (AvgIpc) is 3.43. The molecule has 1 aliphatic rings. The molecule has 7 nitrogen and oxygen atoms in total. The van der Waals surface area contributed by atoms with Gasteiger partial charge in [-0.05, 0) is 57.0 Å². The Labute approximate surface area is 187 Å². The number of nitrogens with one attached hydrogen (secondary N) is 2. The number of aromatic nitrogens is 1. The Morgan fingerprint density at radius 2 is 1.88 bits per heavy atom. The molecule has 4 rings (SSSR count). The number of amides is 2. The molecule has 2 amide bonds. The van der Waals surface area contributed by atoms with Crippen molar-refractivity contribution in [2.45, 2.75) is 40.2 Å². The lowest BCUT2D eigenvalue weighted by atomic mass is 10.1. The van der Waals surface area contributed by atoms with Gasteiger partial charge in [0.1, 0.15) is 17.2 Å². The van der Waals surface area contributed by atoms with Crippen LogP contribution in [0.25, 0.3) is 11.5 Å². The van der Waals surface area contributed by atoms with E-state index in [0.29, 0.717) is 35.3 Å². The first kappa shape index (κ1) is 21.6. The van der Waals surface area contributed by atoms with E-state index in [0.717, 1.165) is 24.0 Å². The number of nitrogens with zero attached hydrogens (tertiary/aromatic N) is 1. The summed E-state index contributed by atoms with van der Waals surface area (Å²) in [4.78, 5) is 29.0. The van der Waals surface area contributed by atoms with Crippen molar-refractivity contribution in [2.75, 3.05) is 11.9 Å². The van der Waals surface area contributed by atoms with Gasteiger partial charge in [-0.25, -0.2) is 4.98 Å². The number of ether oxygens (including phenoxy) is 1. The molecule has 1 heterocycles. The second-order valence-electron chi connectivity index (χ2n) is 8.50. The Kier molecular flexibility index (Phi) is 5.99. The number of rotatable bonds is 8. The van der Waals surface area contributed by atoms with Crippen LogP contribution >= 0.6 is 0 Å². The fourth-order valence-corrected chi connectivity index (χ4v) is 3.22. The van der Waals surface area contributed by atoms with E-state index in [2.05, 4.69) is 15.6 Å². The minimum absolute atomic E-state index is 0.0546. The molecule has 0 atom stereocenters. The van der Waals surface area contributed by atoms with Crippen molar-refractivity contribution in [3.63, 3.8) is 0 Å². The normalized spacial score (nSPS) is 14.0. The number of aryl methyl sites for hydroxylation is 2. The molecule has 1 fully saturated rings. The van der Waals surface area contributed by atoms with E-state index in [1.165, 1.54) is 0 Å². The molecule has 3 aromatic rings. The molecule has 0 aliphatic heterocycles. The highest BCUT2D eigenvalue weighted by molar-refractivity contribution is 5.92. The van der Waals surface area contributed by atoms with Gasteiger partial charge in [-0.2, -0.15) is 0 Å². The maximum absolute atomic E-state index is 12.3. The molecule has 7 heteroatoms. The van der Waals surface area contributed by atoms with Crippen molar-refractivity contribution < 1.29 is 18.7 Å². The van der Waals surface area contributed by atoms with E-state index < -0.39 is 0 Å². The molecule has 0 unspecified atom stereocenters. The number of hydrogen-bond donors (Lipinski definition) is 2. The number of oxazole rings is 1. The van der Waals surface area contributed by atoms with Crippen molar-refractivity contribution in [2.24, 2.45) is 5.41 Å². The largest absolute Gasteiger partial charge is 0.484 e. The van der Waals surface area contributed by atoms with Crippen LogP contribution in [0.3, 0.4) is 0 Å². The molecule has 32 heavy (non-hydrogen) atoms. The molecular formula is C25H27N3O4. The molecule has 1 saturated carbocycles. The summed E-state index contributed by atoms with van der Waals surface area (Å²) >= 11 is 0. The highest BCUT2D eigenvalue weighted by Gasteiger charge is 2.44. The highest BCUT2D eigenvalue weighted by atomic mass is 16.5. The third-order valence-corrected chi connectivity index (χ3v) is 5.64. The molecular weight excluding hydrogens is 406 g/mol. The Morgan fingerprint density at radius 1 is 1.12 bits per heavy atom. The van der Waals surface area contributed by atoms with Gasteiger partial charge in [0.15, 0.2) is 6.61 Å². The molecule has 1 aromatic heterocycles. The maximum atomic E-state index is 12.3. The number of carbonyl (C=O) groups is 2. The number of carbonyl (C=O) groups excluding carboxylic acids is 2. The fourth-order valence-electron chi connectivity index (χ4n) is 3.22. The second-order valence-corrected chi connectivity index (χ2v) is 8.50. The second kappa shape index (κ2) is 8.86. The van der Waals surface area contributed by atoms with Gasteiger partial charge in [0.2, 0.25) is 11.8 Å². The van der Waals surface area contributed by atoms with Crippen LogP contribution < -0.4 is 15.4 Å². The number of hydrogen-bond acceptors (Lipinski definition) is 5. The van der Waals surface area contributed by atoms with Crippen LogP contribution in [0.1, 0.15) is 36.8 Å². The van der Waals surface area contributed by atoms with E-state index in [1.807, 2.05) is 57.2 Å². The third kappa shape index (κ3) is 5.17. The number of anilines is 1. The SMILES string of the molecule is Cc1ccc(OCC(=O)Nc2cccc(-c3nc(CNC(=O)C4(C)CC4)c(C)o3)c2)cc1. The minimum Gasteiger partial charge on any atom is -0.484 e. The van der Waals surface area contributed by atoms with Crippen LogP contribution in [-0.4, -0.2) is 23.4 Å². The topological polar surface area (TPSA) is 93.5 Å². The lowest BCUT2D eigenvalue weighted by Gasteiger charge is -2.08. The first-order valence-corrected chi connectivity index (χ1v) is 10.7. The van der Waals surface area contributed by atoms with Gasteiger partial charge in [0, 0.05) is 16.7 Å². The third-order valence-electron chi connectivity index (χ3n) is 5.64. The Morgan fingerprint density at radius 3 is 2.59 bits per heavy atom. The first-order chi connectivity index (χ1) is 15.3. The zero-order valence-corrected chi connectivity index (χ0v) is 18.5. The molecule has 0 saturated heterocycles. The molecule has 0 spiro atoms. The summed E-state index contributed by atoms with van der Waals surface area (Å²) < 4.78 is 11.3. The molecule has 0 radical (unpaired) electrons. The van der Waals surface area contributed by atoms with Gasteiger partial charge in [-0.3, -0.25) is 9.59 Å². The maximum Gasteiger partial charge on any atom is 0.262 e. The summed E-state index contributed by atoms with van der Waals surface area (Å²) in [6.45, 7) is 6.02. The highest BCUT2D eigenvalue weighted by Crippen LogP contribution is 2.45. The fraction of sp³-hybridized carbons (Fsp3) is 0.320. The Balaban J connectivity index is 1.36. The van der Waals surface area contributed by atoms with E-state index >= 15 is 0 Å². The van der Waals surface area contributed by atoms with E-state index in [-0.39, 0.29) is 23.8 Å². The van der Waals surface area contributed by atoms with Gasteiger partial charge in [0.25, 0.3) is 5.91 Å². The molecule has 2 aromatic carbocycles. The van der Waals surface area contributed by atoms with Crippen LogP contribution in [0, 0.1) is 19.3 Å². The first-order valence-electron chi connectivity index (χ1n) is 10.7. The van der Waals surface area contributed by atoms with Gasteiger partial charge < -0.3 is 19.8 Å². The Hall–Kier alpha value is -3.61. The van der Waals surface area contributed by atoms with E-state index in [9.17, 15) is 9.59 Å². The lowest BCUT2D eigenvalue weighted by molar-refractivity contribution is -0.125. The Bertz CT molecular complexity index is 1130. The van der Waals surface area contributed by atoms with Crippen molar-refractivity contribution in [1.82, 2.24) is 10.3 Å². The van der Waals surface area contributed by atoms with Crippen LogP contribution in [0.5, 0.6) is 5.75 Å². The van der Waals surface area contributed by atoms with Crippen molar-refractivity contribution in [3.8, 4) is 17.2 Å². The van der Waals surface area contributed by atoms with Crippen molar-refractivity contribution in [3.05, 3.63) is 65.5 Å². The molecule has 2 N–H and O–H groups in total. The molecule has 166 valence electrons. The van der Waals surface area contributed by atoms with Crippen LogP contribution in [0.2, 0.25) is 0 Å². The lowest BCUT2D eigenvalue weighted by Crippen LogP contribution is -2.30. The van der Waals surface area contributed by atoms with Crippen LogP contribution in [0.15, 0.2) is 52.9 Å². The molecule has 0 bridgehead atoms. The summed E-state index contributed by atoms with van der Waals surface area (Å²) in [6.07, 6.45) is 1.85. The van der Waals surface area contributed by atoms with Crippen LogP contribution in [0.4, 0.5) is 5.69 Å². The van der Waals surface area contributed by atoms with E-state index in [1.54, 1.807) is 12.1 Å². The smallest absolute Gasteiger partial charge is 0.262 e. The zero-order valence-electron chi connectivity index (χ0n) is 18.5. The predicted octanol–water partition coefficient (Wildman–Crippen LogP) is 4.39. The minimum atomic E-state index is -0.261. The quantitative estimate of drug-likeness (QED) is 0.549. The summed E-state index contributed by atoms with van der Waals surface area (Å²) in [5.74, 6) is 1.53. The summed E-state index contributed by atoms with van der Waals surface area (Å²) in [7, 11) is 0. The summed E-state index contributed by atoms with van der Waals surface area (Å²) in [5.41, 5.74) is 2.95. The van der Waals surface area contributed by atoms with Gasteiger partial charge in [0.05, 0.1) is 6.54 Å². The van der Waals surface area contributed by atoms with Crippen LogP contribution in [-0.2, 0) is 16.1 Å². The number of benzene rings is 2. The van der Waals surface area contributed by atoms with Crippen molar-refractivity contribution >= 4 is 17.5 Å².